The minimum Gasteiger partial charge on any atom is -0.383 e. The molecular formula is C11H22IN5O2. The van der Waals surface area contributed by atoms with Crippen molar-refractivity contribution in [3.05, 3.63) is 11.7 Å². The maximum atomic E-state index is 5.05. The topological polar surface area (TPSA) is 84.6 Å². The van der Waals surface area contributed by atoms with Crippen molar-refractivity contribution in [2.45, 2.75) is 26.3 Å². The zero-order valence-corrected chi connectivity index (χ0v) is 14.1. The summed E-state index contributed by atoms with van der Waals surface area (Å²) in [6.45, 7) is 5.13. The largest absolute Gasteiger partial charge is 0.383 e. The summed E-state index contributed by atoms with van der Waals surface area (Å²) in [6, 6.07) is 0.201. The van der Waals surface area contributed by atoms with E-state index in [0.29, 0.717) is 31.3 Å². The lowest BCUT2D eigenvalue weighted by atomic mass is 10.3. The highest BCUT2D eigenvalue weighted by Gasteiger charge is 2.06. The zero-order valence-electron chi connectivity index (χ0n) is 11.8. The molecular weight excluding hydrogens is 361 g/mol. The van der Waals surface area contributed by atoms with Crippen LogP contribution in [0, 0.1) is 6.92 Å². The van der Waals surface area contributed by atoms with Crippen LogP contribution < -0.4 is 10.6 Å². The molecule has 1 rings (SSSR count). The van der Waals surface area contributed by atoms with E-state index in [1.165, 1.54) is 0 Å². The molecule has 1 unspecified atom stereocenters. The van der Waals surface area contributed by atoms with Gasteiger partial charge in [-0.1, -0.05) is 5.16 Å². The molecule has 0 fully saturated rings. The molecule has 1 atom stereocenters. The number of hydrogen-bond donors (Lipinski definition) is 2. The van der Waals surface area contributed by atoms with Gasteiger partial charge in [0.15, 0.2) is 11.8 Å². The second-order valence-electron chi connectivity index (χ2n) is 3.99. The first kappa shape index (κ1) is 18.1. The third-order valence-electron chi connectivity index (χ3n) is 2.22. The quantitative estimate of drug-likeness (QED) is 0.428. The fourth-order valence-electron chi connectivity index (χ4n) is 1.45. The molecule has 110 valence electrons. The number of nitrogens with zero attached hydrogens (tertiary/aromatic N) is 3. The lowest BCUT2D eigenvalue weighted by Crippen LogP contribution is -2.44. The van der Waals surface area contributed by atoms with E-state index in [2.05, 4.69) is 25.8 Å². The summed E-state index contributed by atoms with van der Waals surface area (Å²) in [5.41, 5.74) is 0. The Morgan fingerprint density at radius 1 is 1.53 bits per heavy atom. The minimum atomic E-state index is 0. The van der Waals surface area contributed by atoms with E-state index in [4.69, 9.17) is 9.26 Å². The van der Waals surface area contributed by atoms with E-state index in [1.54, 1.807) is 21.1 Å². The van der Waals surface area contributed by atoms with Crippen molar-refractivity contribution in [1.29, 1.82) is 0 Å². The van der Waals surface area contributed by atoms with Crippen LogP contribution in [0.1, 0.15) is 18.6 Å². The Morgan fingerprint density at radius 3 is 2.79 bits per heavy atom. The lowest BCUT2D eigenvalue weighted by Gasteiger charge is -2.16. The summed E-state index contributed by atoms with van der Waals surface area (Å²) in [5, 5.41) is 10.1. The van der Waals surface area contributed by atoms with Gasteiger partial charge in [0.05, 0.1) is 6.61 Å². The monoisotopic (exact) mass is 383 g/mol. The van der Waals surface area contributed by atoms with Crippen LogP contribution in [0.25, 0.3) is 0 Å². The van der Waals surface area contributed by atoms with Crippen LogP contribution >= 0.6 is 24.0 Å². The number of aromatic nitrogens is 2. The van der Waals surface area contributed by atoms with E-state index < -0.39 is 0 Å². The van der Waals surface area contributed by atoms with Crippen molar-refractivity contribution >= 4 is 29.9 Å². The summed E-state index contributed by atoms with van der Waals surface area (Å²) in [6.07, 6.45) is 0.667. The van der Waals surface area contributed by atoms with Crippen LogP contribution in [-0.2, 0) is 11.2 Å². The summed E-state index contributed by atoms with van der Waals surface area (Å²) >= 11 is 0. The van der Waals surface area contributed by atoms with E-state index in [1.807, 2.05) is 6.92 Å². The van der Waals surface area contributed by atoms with E-state index in [0.717, 1.165) is 5.96 Å². The van der Waals surface area contributed by atoms with E-state index in [-0.39, 0.29) is 30.0 Å². The normalized spacial score (nSPS) is 12.7. The maximum absolute atomic E-state index is 5.05. The van der Waals surface area contributed by atoms with Gasteiger partial charge in [0.2, 0.25) is 5.89 Å². The fraction of sp³-hybridized carbons (Fsp3) is 0.727. The number of aliphatic imine (C=N–C) groups is 1. The molecule has 0 radical (unpaired) electrons. The van der Waals surface area contributed by atoms with Crippen LogP contribution in [0.15, 0.2) is 9.52 Å². The van der Waals surface area contributed by atoms with Gasteiger partial charge in [-0.15, -0.1) is 24.0 Å². The van der Waals surface area contributed by atoms with Crippen LogP contribution in [0.5, 0.6) is 0 Å². The Balaban J connectivity index is 0.00000324. The van der Waals surface area contributed by atoms with Gasteiger partial charge in [0, 0.05) is 33.2 Å². The molecule has 0 aliphatic rings. The van der Waals surface area contributed by atoms with Gasteiger partial charge in [0.1, 0.15) is 0 Å². The predicted octanol–water partition coefficient (Wildman–Crippen LogP) is 0.738. The molecule has 8 heteroatoms. The highest BCUT2D eigenvalue weighted by molar-refractivity contribution is 14.0. The molecule has 0 aliphatic heterocycles. The SMILES string of the molecule is CN=C(NCCc1nc(C)no1)NC(C)COC.I. The van der Waals surface area contributed by atoms with E-state index in [9.17, 15) is 0 Å². The first-order chi connectivity index (χ1) is 8.65. The summed E-state index contributed by atoms with van der Waals surface area (Å²) in [4.78, 5) is 8.24. The first-order valence-corrected chi connectivity index (χ1v) is 5.91. The third kappa shape index (κ3) is 7.31. The third-order valence-corrected chi connectivity index (χ3v) is 2.22. The van der Waals surface area contributed by atoms with Gasteiger partial charge in [-0.25, -0.2) is 0 Å². The Bertz CT molecular complexity index is 383. The lowest BCUT2D eigenvalue weighted by molar-refractivity contribution is 0.179. The molecule has 2 N–H and O–H groups in total. The van der Waals surface area contributed by atoms with Crippen molar-refractivity contribution in [2.75, 3.05) is 27.3 Å². The van der Waals surface area contributed by atoms with Crippen LogP contribution in [0.2, 0.25) is 0 Å². The minimum absolute atomic E-state index is 0. The molecule has 0 aliphatic carbocycles. The maximum Gasteiger partial charge on any atom is 0.228 e. The Morgan fingerprint density at radius 2 is 2.26 bits per heavy atom. The molecule has 0 bridgehead atoms. The molecule has 0 saturated carbocycles. The highest BCUT2D eigenvalue weighted by atomic mass is 127. The van der Waals surface area contributed by atoms with E-state index >= 15 is 0 Å². The van der Waals surface area contributed by atoms with Crippen molar-refractivity contribution in [2.24, 2.45) is 4.99 Å². The number of hydrogen-bond acceptors (Lipinski definition) is 5. The second-order valence-corrected chi connectivity index (χ2v) is 3.99. The standard InChI is InChI=1S/C11H21N5O2.HI/c1-8(7-17-4)14-11(12-3)13-6-5-10-15-9(2)16-18-10;/h8H,5-7H2,1-4H3,(H2,12,13,14);1H. The molecule has 1 aromatic heterocycles. The summed E-state index contributed by atoms with van der Waals surface area (Å²) in [7, 11) is 3.40. The van der Waals surface area contributed by atoms with Gasteiger partial charge in [-0.2, -0.15) is 4.98 Å². The Kier molecular flexibility index (Phi) is 9.48. The highest BCUT2D eigenvalue weighted by Crippen LogP contribution is 1.95. The van der Waals surface area contributed by atoms with Gasteiger partial charge in [0.25, 0.3) is 0 Å². The number of ether oxygens (including phenoxy) is 1. The molecule has 0 spiro atoms. The zero-order chi connectivity index (χ0) is 13.4. The summed E-state index contributed by atoms with van der Waals surface area (Å²) in [5.74, 6) is 2.01. The molecule has 0 saturated heterocycles. The van der Waals surface area contributed by atoms with Crippen molar-refractivity contribution in [3.8, 4) is 0 Å². The van der Waals surface area contributed by atoms with Crippen LogP contribution in [0.4, 0.5) is 0 Å². The van der Waals surface area contributed by atoms with Gasteiger partial charge in [-0.05, 0) is 13.8 Å². The van der Waals surface area contributed by atoms with Crippen molar-refractivity contribution in [3.63, 3.8) is 0 Å². The van der Waals surface area contributed by atoms with Crippen molar-refractivity contribution < 1.29 is 9.26 Å². The molecule has 7 nitrogen and oxygen atoms in total. The number of halogens is 1. The average molecular weight is 383 g/mol. The molecule has 19 heavy (non-hydrogen) atoms. The molecule has 1 aromatic rings. The summed E-state index contributed by atoms with van der Waals surface area (Å²) < 4.78 is 10.1. The number of methoxy groups -OCH3 is 1. The predicted molar refractivity (Wildman–Crippen MR) is 84.0 cm³/mol. The fourth-order valence-corrected chi connectivity index (χ4v) is 1.45. The molecule has 1 heterocycles. The second kappa shape index (κ2) is 9.96. The number of guanidine groups is 1. The number of nitrogens with one attached hydrogen (secondary N) is 2. The van der Waals surface area contributed by atoms with Gasteiger partial charge >= 0.3 is 0 Å². The van der Waals surface area contributed by atoms with Gasteiger partial charge < -0.3 is 19.9 Å². The molecule has 0 amide bonds. The number of aryl methyl sites for hydroxylation is 1. The first-order valence-electron chi connectivity index (χ1n) is 5.91. The van der Waals surface area contributed by atoms with Gasteiger partial charge in [-0.3, -0.25) is 4.99 Å². The van der Waals surface area contributed by atoms with Crippen LogP contribution in [-0.4, -0.2) is 49.5 Å². The smallest absolute Gasteiger partial charge is 0.228 e. The van der Waals surface area contributed by atoms with Crippen LogP contribution in [0.3, 0.4) is 0 Å². The Hall–Kier alpha value is -0.900. The van der Waals surface area contributed by atoms with Crippen molar-refractivity contribution in [1.82, 2.24) is 20.8 Å². The average Bonchev–Trinajstić information content (AvgIpc) is 2.74. The molecule has 0 aromatic carbocycles. The number of rotatable bonds is 6. The Labute approximate surface area is 130 Å².